The van der Waals surface area contributed by atoms with E-state index in [2.05, 4.69) is 13.2 Å². The molecule has 5 heteroatoms. The average Bonchev–Trinajstić information content (AvgIpc) is 2.07. The van der Waals surface area contributed by atoms with E-state index < -0.39 is 12.5 Å². The molecule has 11 heavy (non-hydrogen) atoms. The van der Waals surface area contributed by atoms with Gasteiger partial charge in [-0.05, 0) is 12.2 Å². The van der Waals surface area contributed by atoms with Gasteiger partial charge in [-0.25, -0.2) is 0 Å². The van der Waals surface area contributed by atoms with Crippen LogP contribution in [0, 0.1) is 0 Å². The Morgan fingerprint density at radius 3 is 1.64 bits per heavy atom. The zero-order valence-electron chi connectivity index (χ0n) is 6.03. The highest BCUT2D eigenvalue weighted by Crippen LogP contribution is 1.93. The molecule has 0 spiro atoms. The first-order valence-corrected chi connectivity index (χ1v) is 2.98. The van der Waals surface area contributed by atoms with Crippen LogP contribution in [0.1, 0.15) is 0 Å². The smallest absolute Gasteiger partial charge is 0.151 e. The first-order chi connectivity index (χ1) is 5.28. The Balaban J connectivity index is 3.76. The van der Waals surface area contributed by atoms with Crippen molar-refractivity contribution in [2.24, 2.45) is 0 Å². The summed E-state index contributed by atoms with van der Waals surface area (Å²) in [4.78, 5) is 0. The summed E-state index contributed by atoms with van der Waals surface area (Å²) < 4.78 is 4.89. The minimum Gasteiger partial charge on any atom is -0.334 e. The zero-order chi connectivity index (χ0) is 8.69. The third-order valence-electron chi connectivity index (χ3n) is 0.976. The number of hydrogen-bond donors (Lipinski definition) is 4. The van der Waals surface area contributed by atoms with E-state index in [1.807, 2.05) is 11.0 Å². The van der Waals surface area contributed by atoms with Crippen LogP contribution in [0.2, 0.25) is 0 Å². The lowest BCUT2D eigenvalue weighted by Crippen LogP contribution is -2.36. The monoisotopic (exact) mass is 160 g/mol. The highest BCUT2D eigenvalue weighted by molar-refractivity contribution is 4.81. The first kappa shape index (κ1) is 10.3. The molecule has 0 aromatic carbocycles. The standard InChI is InChI=1S/C6H12N2O3/c1-3-5(7-9)11-6(4-2)8-10/h3-10H,1-2H2. The Morgan fingerprint density at radius 2 is 1.45 bits per heavy atom. The van der Waals surface area contributed by atoms with Crippen molar-refractivity contribution in [2.45, 2.75) is 12.5 Å². The third kappa shape index (κ3) is 3.87. The summed E-state index contributed by atoms with van der Waals surface area (Å²) in [5.74, 6) is 0. The quantitative estimate of drug-likeness (QED) is 0.250. The van der Waals surface area contributed by atoms with E-state index in [1.54, 1.807) is 0 Å². The van der Waals surface area contributed by atoms with E-state index in [1.165, 1.54) is 12.2 Å². The van der Waals surface area contributed by atoms with E-state index >= 15 is 0 Å². The summed E-state index contributed by atoms with van der Waals surface area (Å²) in [6, 6.07) is 0. The summed E-state index contributed by atoms with van der Waals surface area (Å²) in [6.07, 6.45) is 1.18. The topological polar surface area (TPSA) is 73.8 Å². The largest absolute Gasteiger partial charge is 0.334 e. The van der Waals surface area contributed by atoms with Gasteiger partial charge in [0.25, 0.3) is 0 Å². The van der Waals surface area contributed by atoms with Crippen LogP contribution in [-0.4, -0.2) is 22.9 Å². The van der Waals surface area contributed by atoms with Gasteiger partial charge in [-0.3, -0.25) is 0 Å². The maximum absolute atomic E-state index is 8.38. The molecule has 0 fully saturated rings. The first-order valence-electron chi connectivity index (χ1n) is 2.98. The van der Waals surface area contributed by atoms with Gasteiger partial charge in [0.1, 0.15) is 0 Å². The molecule has 0 aromatic heterocycles. The van der Waals surface area contributed by atoms with E-state index in [0.29, 0.717) is 0 Å². The molecule has 0 heterocycles. The van der Waals surface area contributed by atoms with Gasteiger partial charge >= 0.3 is 0 Å². The molecule has 0 aliphatic heterocycles. The fourth-order valence-electron chi connectivity index (χ4n) is 0.435. The second-order valence-electron chi connectivity index (χ2n) is 1.71. The maximum atomic E-state index is 8.38. The minimum absolute atomic E-state index is 0.738. The maximum Gasteiger partial charge on any atom is 0.151 e. The van der Waals surface area contributed by atoms with Crippen molar-refractivity contribution in [2.75, 3.05) is 0 Å². The predicted molar refractivity (Wildman–Crippen MR) is 38.9 cm³/mol. The van der Waals surface area contributed by atoms with Gasteiger partial charge in [0, 0.05) is 0 Å². The van der Waals surface area contributed by atoms with Gasteiger partial charge in [0.2, 0.25) is 0 Å². The summed E-state index contributed by atoms with van der Waals surface area (Å²) in [5.41, 5.74) is 3.62. The van der Waals surface area contributed by atoms with Gasteiger partial charge in [0.05, 0.1) is 0 Å². The van der Waals surface area contributed by atoms with Crippen LogP contribution >= 0.6 is 0 Å². The molecule has 4 N–H and O–H groups in total. The molecule has 5 nitrogen and oxygen atoms in total. The van der Waals surface area contributed by atoms with E-state index in [4.69, 9.17) is 15.2 Å². The SMILES string of the molecule is C=CC(NO)OC(C=C)NO. The molecule has 0 saturated carbocycles. The third-order valence-corrected chi connectivity index (χ3v) is 0.976. The lowest BCUT2D eigenvalue weighted by Gasteiger charge is -2.16. The molecular weight excluding hydrogens is 148 g/mol. The molecule has 0 radical (unpaired) electrons. The normalized spacial score (nSPS) is 15.5. The van der Waals surface area contributed by atoms with Crippen LogP contribution in [0.3, 0.4) is 0 Å². The highest BCUT2D eigenvalue weighted by atomic mass is 16.6. The Hall–Kier alpha value is -0.720. The molecule has 2 unspecified atom stereocenters. The predicted octanol–water partition coefficient (Wildman–Crippen LogP) is -0.0152. The van der Waals surface area contributed by atoms with Crippen molar-refractivity contribution in [3.8, 4) is 0 Å². The van der Waals surface area contributed by atoms with E-state index in [9.17, 15) is 0 Å². The Morgan fingerprint density at radius 1 is 1.09 bits per heavy atom. The lowest BCUT2D eigenvalue weighted by molar-refractivity contribution is -0.0954. The van der Waals surface area contributed by atoms with Crippen molar-refractivity contribution < 1.29 is 15.2 Å². The number of hydrogen-bond acceptors (Lipinski definition) is 5. The van der Waals surface area contributed by atoms with E-state index in [0.717, 1.165) is 0 Å². The number of ether oxygens (including phenoxy) is 1. The van der Waals surface area contributed by atoms with Crippen LogP contribution in [-0.2, 0) is 4.74 Å². The van der Waals surface area contributed by atoms with Crippen LogP contribution in [0.25, 0.3) is 0 Å². The number of rotatable bonds is 6. The molecule has 2 atom stereocenters. The van der Waals surface area contributed by atoms with E-state index in [-0.39, 0.29) is 0 Å². The summed E-state index contributed by atoms with van der Waals surface area (Å²) in [5, 5.41) is 16.8. The fourth-order valence-corrected chi connectivity index (χ4v) is 0.435. The van der Waals surface area contributed by atoms with Gasteiger partial charge < -0.3 is 15.2 Å². The fraction of sp³-hybridized carbons (Fsp3) is 0.333. The molecule has 0 aliphatic carbocycles. The Kier molecular flexibility index (Phi) is 5.63. The van der Waals surface area contributed by atoms with Gasteiger partial charge in [-0.1, -0.05) is 13.2 Å². The summed E-state index contributed by atoms with van der Waals surface area (Å²) in [7, 11) is 0. The van der Waals surface area contributed by atoms with Crippen molar-refractivity contribution in [3.63, 3.8) is 0 Å². The molecule has 0 aromatic rings. The van der Waals surface area contributed by atoms with Crippen molar-refractivity contribution in [1.82, 2.24) is 11.0 Å². The highest BCUT2D eigenvalue weighted by Gasteiger charge is 2.07. The molecule has 0 rings (SSSR count). The average molecular weight is 160 g/mol. The second-order valence-corrected chi connectivity index (χ2v) is 1.71. The van der Waals surface area contributed by atoms with Crippen LogP contribution in [0.15, 0.2) is 25.3 Å². The Labute approximate surface area is 64.9 Å². The minimum atomic E-state index is -0.738. The number of hydroxylamine groups is 2. The van der Waals surface area contributed by atoms with Crippen molar-refractivity contribution in [1.29, 1.82) is 0 Å². The lowest BCUT2D eigenvalue weighted by atomic mass is 10.5. The molecule has 0 saturated heterocycles. The van der Waals surface area contributed by atoms with Gasteiger partial charge in [-0.2, -0.15) is 11.0 Å². The molecule has 0 bridgehead atoms. The second kappa shape index (κ2) is 6.02. The zero-order valence-corrected chi connectivity index (χ0v) is 6.03. The van der Waals surface area contributed by atoms with Crippen molar-refractivity contribution in [3.05, 3.63) is 25.3 Å². The summed E-state index contributed by atoms with van der Waals surface area (Å²) in [6.45, 7) is 6.72. The van der Waals surface area contributed by atoms with Crippen molar-refractivity contribution >= 4 is 0 Å². The van der Waals surface area contributed by atoms with Crippen LogP contribution in [0.5, 0.6) is 0 Å². The molecule has 0 aliphatic rings. The number of nitrogens with one attached hydrogen (secondary N) is 2. The van der Waals surface area contributed by atoms with Crippen LogP contribution < -0.4 is 11.0 Å². The molecule has 0 amide bonds. The Bertz CT molecular complexity index is 115. The molecular formula is C6H12N2O3. The summed E-state index contributed by atoms with van der Waals surface area (Å²) >= 11 is 0. The van der Waals surface area contributed by atoms with Gasteiger partial charge in [0.15, 0.2) is 12.5 Å². The van der Waals surface area contributed by atoms with Crippen LogP contribution in [0.4, 0.5) is 0 Å². The molecule has 64 valence electrons. The van der Waals surface area contributed by atoms with Gasteiger partial charge in [-0.15, -0.1) is 0 Å².